The van der Waals surface area contributed by atoms with Gasteiger partial charge in [-0.3, -0.25) is 4.79 Å². The van der Waals surface area contributed by atoms with E-state index in [1.165, 1.54) is 6.21 Å². The number of amides is 1. The van der Waals surface area contributed by atoms with E-state index in [1.54, 1.807) is 24.3 Å². The number of rotatable bonds is 7. The van der Waals surface area contributed by atoms with Gasteiger partial charge in [-0.1, -0.05) is 23.4 Å². The fourth-order valence-electron chi connectivity index (χ4n) is 1.99. The molecule has 0 unspecified atom stereocenters. The Morgan fingerprint density at radius 3 is 2.71 bits per heavy atom. The molecule has 0 radical (unpaired) electrons. The molecule has 0 atom stereocenters. The molecule has 0 aliphatic heterocycles. The van der Waals surface area contributed by atoms with Gasteiger partial charge >= 0.3 is 0 Å². The van der Waals surface area contributed by atoms with Crippen molar-refractivity contribution in [1.82, 2.24) is 0 Å². The predicted octanol–water partition coefficient (Wildman–Crippen LogP) is 3.67. The van der Waals surface area contributed by atoms with Gasteiger partial charge in [0.1, 0.15) is 0 Å². The summed E-state index contributed by atoms with van der Waals surface area (Å²) in [5, 5.41) is 14.4. The van der Waals surface area contributed by atoms with Crippen molar-refractivity contribution in [3.63, 3.8) is 0 Å². The Hall–Kier alpha value is -2.54. The molecule has 2 aromatic rings. The third-order valence-electron chi connectivity index (χ3n) is 2.94. The van der Waals surface area contributed by atoms with Crippen molar-refractivity contribution in [2.45, 2.75) is 6.92 Å². The first-order valence-electron chi connectivity index (χ1n) is 7.25. The van der Waals surface area contributed by atoms with E-state index in [0.717, 1.165) is 0 Å². The number of carbonyl (C=O) groups excluding carboxylic acids is 1. The lowest BCUT2D eigenvalue weighted by Crippen LogP contribution is -2.20. The van der Waals surface area contributed by atoms with E-state index in [9.17, 15) is 4.79 Å². The first-order valence-corrected chi connectivity index (χ1v) is 8.04. The lowest BCUT2D eigenvalue weighted by Gasteiger charge is -2.14. The van der Waals surface area contributed by atoms with Gasteiger partial charge in [-0.2, -0.15) is 0 Å². The van der Waals surface area contributed by atoms with Crippen LogP contribution in [0.3, 0.4) is 0 Å². The minimum absolute atomic E-state index is 0.166. The molecule has 6 nitrogen and oxygen atoms in total. The van der Waals surface area contributed by atoms with Crippen molar-refractivity contribution >= 4 is 33.7 Å². The van der Waals surface area contributed by atoms with Crippen LogP contribution in [0.4, 0.5) is 5.69 Å². The van der Waals surface area contributed by atoms with Gasteiger partial charge in [0.15, 0.2) is 18.1 Å². The fraction of sp³-hybridized carbons (Fsp3) is 0.176. The second kappa shape index (κ2) is 8.93. The molecule has 2 aromatic carbocycles. The summed E-state index contributed by atoms with van der Waals surface area (Å²) in [5.41, 5.74) is 1.33. The largest absolute Gasteiger partial charge is 0.490 e. The molecule has 0 aromatic heterocycles. The van der Waals surface area contributed by atoms with Gasteiger partial charge in [0.2, 0.25) is 0 Å². The topological polar surface area (TPSA) is 80.2 Å². The molecule has 0 aliphatic rings. The van der Waals surface area contributed by atoms with Gasteiger partial charge in [0.05, 0.1) is 17.3 Å². The molecule has 0 bridgehead atoms. The smallest absolute Gasteiger partial charge is 0.262 e. The number of benzene rings is 2. The second-order valence-electron chi connectivity index (χ2n) is 4.71. The molecule has 0 fully saturated rings. The Morgan fingerprint density at radius 2 is 2.04 bits per heavy atom. The number of nitrogens with zero attached hydrogens (tertiary/aromatic N) is 1. The quantitative estimate of drug-likeness (QED) is 0.427. The van der Waals surface area contributed by atoms with Crippen molar-refractivity contribution in [2.75, 3.05) is 18.5 Å². The van der Waals surface area contributed by atoms with Gasteiger partial charge in [0.25, 0.3) is 5.91 Å². The van der Waals surface area contributed by atoms with Crippen molar-refractivity contribution in [3.8, 4) is 11.5 Å². The van der Waals surface area contributed by atoms with Crippen LogP contribution in [0.15, 0.2) is 52.1 Å². The third kappa shape index (κ3) is 4.99. The van der Waals surface area contributed by atoms with Crippen molar-refractivity contribution in [1.29, 1.82) is 0 Å². The van der Waals surface area contributed by atoms with Gasteiger partial charge in [-0.15, -0.1) is 0 Å². The number of hydrogen-bond donors (Lipinski definition) is 2. The third-order valence-corrected chi connectivity index (χ3v) is 3.53. The van der Waals surface area contributed by atoms with Gasteiger partial charge < -0.3 is 20.0 Å². The Kier molecular flexibility index (Phi) is 6.62. The number of hydrogen-bond acceptors (Lipinski definition) is 5. The van der Waals surface area contributed by atoms with Crippen LogP contribution in [-0.4, -0.2) is 30.5 Å². The number of nitrogens with one attached hydrogen (secondary N) is 1. The van der Waals surface area contributed by atoms with Crippen LogP contribution < -0.4 is 14.8 Å². The molecule has 1 amide bonds. The van der Waals surface area contributed by atoms with E-state index in [2.05, 4.69) is 26.4 Å². The number of carbonyl (C=O) groups is 1. The van der Waals surface area contributed by atoms with Gasteiger partial charge in [0, 0.05) is 11.3 Å². The van der Waals surface area contributed by atoms with Crippen LogP contribution in [0.1, 0.15) is 12.5 Å². The minimum Gasteiger partial charge on any atom is -0.490 e. The van der Waals surface area contributed by atoms with Gasteiger partial charge in [-0.05, 0) is 47.1 Å². The number of para-hydroxylation sites is 1. The van der Waals surface area contributed by atoms with Crippen LogP contribution >= 0.6 is 15.9 Å². The summed E-state index contributed by atoms with van der Waals surface area (Å²) in [6, 6.07) is 12.5. The van der Waals surface area contributed by atoms with E-state index >= 15 is 0 Å². The highest BCUT2D eigenvalue weighted by Crippen LogP contribution is 2.36. The average molecular weight is 393 g/mol. The molecule has 126 valence electrons. The van der Waals surface area contributed by atoms with Crippen LogP contribution in [0, 0.1) is 0 Å². The molecule has 0 saturated carbocycles. The summed E-state index contributed by atoms with van der Waals surface area (Å²) in [6.07, 6.45) is 1.28. The first kappa shape index (κ1) is 17.8. The molecule has 0 spiro atoms. The lowest BCUT2D eigenvalue weighted by atomic mass is 10.2. The van der Waals surface area contributed by atoms with Crippen molar-refractivity contribution in [2.24, 2.45) is 5.16 Å². The Bertz CT molecular complexity index is 720. The summed E-state index contributed by atoms with van der Waals surface area (Å²) in [6.45, 7) is 2.10. The molecule has 24 heavy (non-hydrogen) atoms. The molecule has 0 aliphatic carbocycles. The van der Waals surface area contributed by atoms with Crippen LogP contribution in [0.2, 0.25) is 0 Å². The molecule has 0 saturated heterocycles. The van der Waals surface area contributed by atoms with Crippen LogP contribution in [0.5, 0.6) is 11.5 Å². The summed E-state index contributed by atoms with van der Waals surface area (Å²) in [7, 11) is 0. The molecule has 0 heterocycles. The Labute approximate surface area is 148 Å². The molecule has 2 N–H and O–H groups in total. The Balaban J connectivity index is 2.09. The number of anilines is 1. The van der Waals surface area contributed by atoms with Crippen molar-refractivity contribution in [3.05, 3.63) is 52.5 Å². The van der Waals surface area contributed by atoms with Gasteiger partial charge in [-0.25, -0.2) is 0 Å². The normalized spacial score (nSPS) is 10.6. The highest BCUT2D eigenvalue weighted by atomic mass is 79.9. The molecule has 7 heteroatoms. The number of oxime groups is 1. The highest BCUT2D eigenvalue weighted by molar-refractivity contribution is 9.10. The Morgan fingerprint density at radius 1 is 1.29 bits per heavy atom. The van der Waals surface area contributed by atoms with E-state index in [4.69, 9.17) is 14.7 Å². The number of halogens is 1. The summed E-state index contributed by atoms with van der Waals surface area (Å²) in [5.74, 6) is 0.584. The monoisotopic (exact) mass is 392 g/mol. The SMILES string of the molecule is CCOc1cc(/C=N/O)cc(Br)c1OCC(=O)Nc1ccccc1. The molecular formula is C17H17BrN2O4. The maximum Gasteiger partial charge on any atom is 0.262 e. The highest BCUT2D eigenvalue weighted by Gasteiger charge is 2.14. The van der Waals surface area contributed by atoms with E-state index in [1.807, 2.05) is 25.1 Å². The van der Waals surface area contributed by atoms with Crippen LogP contribution in [-0.2, 0) is 4.79 Å². The molecular weight excluding hydrogens is 376 g/mol. The maximum absolute atomic E-state index is 12.0. The first-order chi connectivity index (χ1) is 11.6. The van der Waals surface area contributed by atoms with E-state index < -0.39 is 0 Å². The lowest BCUT2D eigenvalue weighted by molar-refractivity contribution is -0.118. The zero-order valence-electron chi connectivity index (χ0n) is 13.0. The zero-order chi connectivity index (χ0) is 17.4. The summed E-state index contributed by atoms with van der Waals surface area (Å²) < 4.78 is 11.7. The minimum atomic E-state index is -0.281. The fourth-order valence-corrected chi connectivity index (χ4v) is 2.56. The summed E-state index contributed by atoms with van der Waals surface area (Å²) in [4.78, 5) is 12.0. The average Bonchev–Trinajstić information content (AvgIpc) is 2.55. The van der Waals surface area contributed by atoms with Crippen molar-refractivity contribution < 1.29 is 19.5 Å². The molecule has 2 rings (SSSR count). The standard InChI is InChI=1S/C17H17BrN2O4/c1-2-23-15-9-12(10-19-22)8-14(18)17(15)24-11-16(21)20-13-6-4-3-5-7-13/h3-10,22H,2,11H2,1H3,(H,20,21)/b19-10+. The zero-order valence-corrected chi connectivity index (χ0v) is 14.6. The van der Waals surface area contributed by atoms with E-state index in [-0.39, 0.29) is 12.5 Å². The maximum atomic E-state index is 12.0. The predicted molar refractivity (Wildman–Crippen MR) is 95.3 cm³/mol. The van der Waals surface area contributed by atoms with E-state index in [0.29, 0.717) is 33.8 Å². The summed E-state index contributed by atoms with van der Waals surface area (Å²) >= 11 is 3.37. The second-order valence-corrected chi connectivity index (χ2v) is 5.56. The van der Waals surface area contributed by atoms with Crippen LogP contribution in [0.25, 0.3) is 0 Å². The number of ether oxygens (including phenoxy) is 2.